The van der Waals surface area contributed by atoms with Gasteiger partial charge in [0.05, 0.1) is 0 Å². The van der Waals surface area contributed by atoms with Crippen LogP contribution >= 0.6 is 0 Å². The number of hydrogen-bond acceptors (Lipinski definition) is 2. The molecule has 18 heavy (non-hydrogen) atoms. The summed E-state index contributed by atoms with van der Waals surface area (Å²) in [5.74, 6) is 0.795. The Morgan fingerprint density at radius 3 is 2.22 bits per heavy atom. The molecule has 0 heterocycles. The average molecular weight is 256 g/mol. The minimum atomic E-state index is 0.369. The average Bonchev–Trinajstić information content (AvgIpc) is 2.32. The second kappa shape index (κ2) is 13.4. The summed E-state index contributed by atoms with van der Waals surface area (Å²) >= 11 is 0. The second-order valence-corrected chi connectivity index (χ2v) is 5.99. The molecule has 3 N–H and O–H groups in total. The summed E-state index contributed by atoms with van der Waals surface area (Å²) in [6.45, 7) is 9.09. The van der Waals surface area contributed by atoms with Crippen molar-refractivity contribution in [2.24, 2.45) is 11.7 Å². The summed E-state index contributed by atoms with van der Waals surface area (Å²) in [5, 5.41) is 3.58. The maximum Gasteiger partial charge on any atom is 0.00104 e. The van der Waals surface area contributed by atoms with Crippen molar-refractivity contribution in [3.63, 3.8) is 0 Å². The van der Waals surface area contributed by atoms with Crippen molar-refractivity contribution in [2.75, 3.05) is 13.1 Å². The third kappa shape index (κ3) is 14.0. The molecule has 0 radical (unpaired) electrons. The van der Waals surface area contributed by atoms with Crippen molar-refractivity contribution in [3.8, 4) is 0 Å². The highest BCUT2D eigenvalue weighted by atomic mass is 14.8. The fourth-order valence-corrected chi connectivity index (χ4v) is 2.27. The van der Waals surface area contributed by atoms with Crippen LogP contribution in [0.15, 0.2) is 0 Å². The van der Waals surface area contributed by atoms with E-state index in [1.807, 2.05) is 0 Å². The van der Waals surface area contributed by atoms with Crippen LogP contribution in [0.1, 0.15) is 78.6 Å². The van der Waals surface area contributed by atoms with Gasteiger partial charge in [0.2, 0.25) is 0 Å². The van der Waals surface area contributed by atoms with E-state index in [-0.39, 0.29) is 0 Å². The molecule has 0 aliphatic heterocycles. The lowest BCUT2D eigenvalue weighted by Gasteiger charge is -2.13. The van der Waals surface area contributed by atoms with Crippen molar-refractivity contribution in [3.05, 3.63) is 0 Å². The Bertz CT molecular complexity index is 157. The quantitative estimate of drug-likeness (QED) is 0.487. The van der Waals surface area contributed by atoms with E-state index in [2.05, 4.69) is 26.1 Å². The van der Waals surface area contributed by atoms with Crippen LogP contribution in [0.4, 0.5) is 0 Å². The standard InChI is InChI=1S/C16H36N2/c1-4-5-6-7-8-9-13-18-14-15(2)11-10-12-16(3)17/h15-16,18H,4-14,17H2,1-3H3. The van der Waals surface area contributed by atoms with Crippen molar-refractivity contribution >= 4 is 0 Å². The van der Waals surface area contributed by atoms with Crippen LogP contribution in [0, 0.1) is 5.92 Å². The van der Waals surface area contributed by atoms with Crippen LogP contribution in [0.3, 0.4) is 0 Å². The maximum atomic E-state index is 5.75. The van der Waals surface area contributed by atoms with Crippen LogP contribution in [0.5, 0.6) is 0 Å². The van der Waals surface area contributed by atoms with Crippen LogP contribution in [0.25, 0.3) is 0 Å². The third-order valence-corrected chi connectivity index (χ3v) is 3.56. The largest absolute Gasteiger partial charge is 0.328 e. The first kappa shape index (κ1) is 17.9. The lowest BCUT2D eigenvalue weighted by molar-refractivity contribution is 0.443. The summed E-state index contributed by atoms with van der Waals surface area (Å²) < 4.78 is 0. The van der Waals surface area contributed by atoms with Crippen molar-refractivity contribution in [1.29, 1.82) is 0 Å². The molecule has 2 heteroatoms. The van der Waals surface area contributed by atoms with Gasteiger partial charge in [-0.2, -0.15) is 0 Å². The zero-order valence-corrected chi connectivity index (χ0v) is 13.0. The molecule has 0 aliphatic rings. The molecule has 2 atom stereocenters. The van der Waals surface area contributed by atoms with Crippen LogP contribution in [-0.2, 0) is 0 Å². The topological polar surface area (TPSA) is 38.0 Å². The lowest BCUT2D eigenvalue weighted by Crippen LogP contribution is -2.22. The monoisotopic (exact) mass is 256 g/mol. The van der Waals surface area contributed by atoms with Crippen LogP contribution < -0.4 is 11.1 Å². The van der Waals surface area contributed by atoms with Gasteiger partial charge in [-0.05, 0) is 45.2 Å². The highest BCUT2D eigenvalue weighted by molar-refractivity contribution is 4.60. The van der Waals surface area contributed by atoms with Gasteiger partial charge < -0.3 is 11.1 Å². The number of nitrogens with one attached hydrogen (secondary N) is 1. The molecule has 0 amide bonds. The number of nitrogens with two attached hydrogens (primary N) is 1. The van der Waals surface area contributed by atoms with Gasteiger partial charge in [-0.1, -0.05) is 52.4 Å². The normalized spacial score (nSPS) is 14.7. The van der Waals surface area contributed by atoms with E-state index in [0.717, 1.165) is 5.92 Å². The van der Waals surface area contributed by atoms with Gasteiger partial charge in [-0.3, -0.25) is 0 Å². The fourth-order valence-electron chi connectivity index (χ4n) is 2.27. The zero-order chi connectivity index (χ0) is 13.6. The van der Waals surface area contributed by atoms with E-state index in [1.165, 1.54) is 70.9 Å². The molecule has 0 saturated heterocycles. The smallest absolute Gasteiger partial charge is 0.00104 e. The van der Waals surface area contributed by atoms with Crippen molar-refractivity contribution in [2.45, 2.75) is 84.6 Å². The van der Waals surface area contributed by atoms with Gasteiger partial charge >= 0.3 is 0 Å². The Morgan fingerprint density at radius 1 is 0.889 bits per heavy atom. The number of unbranched alkanes of at least 4 members (excludes halogenated alkanes) is 5. The maximum absolute atomic E-state index is 5.75. The minimum absolute atomic E-state index is 0.369. The lowest BCUT2D eigenvalue weighted by atomic mass is 10.0. The first-order chi connectivity index (χ1) is 8.66. The molecule has 2 unspecified atom stereocenters. The van der Waals surface area contributed by atoms with E-state index in [1.54, 1.807) is 0 Å². The summed E-state index contributed by atoms with van der Waals surface area (Å²) in [5.41, 5.74) is 5.75. The summed E-state index contributed by atoms with van der Waals surface area (Å²) in [6, 6.07) is 0.369. The molecule has 0 aromatic carbocycles. The molecule has 0 aromatic heterocycles. The second-order valence-electron chi connectivity index (χ2n) is 5.99. The first-order valence-corrected chi connectivity index (χ1v) is 8.13. The third-order valence-electron chi connectivity index (χ3n) is 3.56. The Morgan fingerprint density at radius 2 is 1.56 bits per heavy atom. The predicted octanol–water partition coefficient (Wildman–Crippen LogP) is 4.09. The van der Waals surface area contributed by atoms with Crippen LogP contribution in [0.2, 0.25) is 0 Å². The Balaban J connectivity index is 3.12. The molecule has 0 bridgehead atoms. The fraction of sp³-hybridized carbons (Fsp3) is 1.00. The SMILES string of the molecule is CCCCCCCCNCC(C)CCCC(C)N. The predicted molar refractivity (Wildman–Crippen MR) is 82.9 cm³/mol. The molecular formula is C16H36N2. The van der Waals surface area contributed by atoms with Gasteiger partial charge in [-0.25, -0.2) is 0 Å². The van der Waals surface area contributed by atoms with Gasteiger partial charge in [-0.15, -0.1) is 0 Å². The molecule has 0 rings (SSSR count). The van der Waals surface area contributed by atoms with Gasteiger partial charge in [0, 0.05) is 6.04 Å². The van der Waals surface area contributed by atoms with E-state index in [9.17, 15) is 0 Å². The van der Waals surface area contributed by atoms with Crippen LogP contribution in [-0.4, -0.2) is 19.1 Å². The molecule has 0 saturated carbocycles. The van der Waals surface area contributed by atoms with Crippen molar-refractivity contribution in [1.82, 2.24) is 5.32 Å². The molecule has 110 valence electrons. The molecule has 0 spiro atoms. The molecule has 0 aliphatic carbocycles. The summed E-state index contributed by atoms with van der Waals surface area (Å²) in [6.07, 6.45) is 12.1. The first-order valence-electron chi connectivity index (χ1n) is 8.13. The molecule has 2 nitrogen and oxygen atoms in total. The van der Waals surface area contributed by atoms with E-state index < -0.39 is 0 Å². The molecule has 0 aromatic rings. The Kier molecular flexibility index (Phi) is 13.3. The van der Waals surface area contributed by atoms with Gasteiger partial charge in [0.1, 0.15) is 0 Å². The Hall–Kier alpha value is -0.0800. The van der Waals surface area contributed by atoms with E-state index >= 15 is 0 Å². The highest BCUT2D eigenvalue weighted by Crippen LogP contribution is 2.08. The number of rotatable bonds is 13. The van der Waals surface area contributed by atoms with E-state index in [4.69, 9.17) is 5.73 Å². The highest BCUT2D eigenvalue weighted by Gasteiger charge is 2.02. The van der Waals surface area contributed by atoms with Crippen molar-refractivity contribution < 1.29 is 0 Å². The number of hydrogen-bond donors (Lipinski definition) is 2. The van der Waals surface area contributed by atoms with Gasteiger partial charge in [0.15, 0.2) is 0 Å². The Labute approximate surface area is 115 Å². The molecular weight excluding hydrogens is 220 g/mol. The molecule has 0 fully saturated rings. The minimum Gasteiger partial charge on any atom is -0.328 e. The summed E-state index contributed by atoms with van der Waals surface area (Å²) in [4.78, 5) is 0. The zero-order valence-electron chi connectivity index (χ0n) is 13.0. The summed E-state index contributed by atoms with van der Waals surface area (Å²) in [7, 11) is 0. The van der Waals surface area contributed by atoms with Gasteiger partial charge in [0.25, 0.3) is 0 Å². The van der Waals surface area contributed by atoms with E-state index in [0.29, 0.717) is 6.04 Å².